The summed E-state index contributed by atoms with van der Waals surface area (Å²) in [4.78, 5) is 3.97. The van der Waals surface area contributed by atoms with Gasteiger partial charge in [0.2, 0.25) is 0 Å². The average Bonchev–Trinajstić information content (AvgIpc) is 2.76. The van der Waals surface area contributed by atoms with Gasteiger partial charge in [0.1, 0.15) is 10.8 Å². The van der Waals surface area contributed by atoms with Crippen LogP contribution in [-0.2, 0) is 12.7 Å². The lowest BCUT2D eigenvalue weighted by Crippen LogP contribution is -2.05. The number of aromatic nitrogens is 1. The lowest BCUT2D eigenvalue weighted by atomic mass is 10.1. The fourth-order valence-corrected chi connectivity index (χ4v) is 2.24. The first-order chi connectivity index (χ1) is 8.41. The van der Waals surface area contributed by atoms with Gasteiger partial charge < -0.3 is 5.73 Å². The summed E-state index contributed by atoms with van der Waals surface area (Å²) in [6.45, 7) is 0.164. The maximum Gasteiger partial charge on any atom is 0.416 e. The van der Waals surface area contributed by atoms with Gasteiger partial charge in [0.25, 0.3) is 0 Å². The molecule has 1 aromatic heterocycles. The summed E-state index contributed by atoms with van der Waals surface area (Å²) < 4.78 is 51.1. The zero-order chi connectivity index (χ0) is 13.3. The largest absolute Gasteiger partial charge is 0.416 e. The highest BCUT2D eigenvalue weighted by atomic mass is 32.1. The lowest BCUT2D eigenvalue weighted by molar-refractivity contribution is -0.137. The van der Waals surface area contributed by atoms with Crippen molar-refractivity contribution >= 4 is 11.3 Å². The first-order valence-corrected chi connectivity index (χ1v) is 5.81. The summed E-state index contributed by atoms with van der Waals surface area (Å²) in [5.74, 6) is -0.735. The van der Waals surface area contributed by atoms with E-state index in [1.165, 1.54) is 0 Å². The number of rotatable bonds is 2. The van der Waals surface area contributed by atoms with Crippen LogP contribution in [0.15, 0.2) is 23.6 Å². The molecule has 0 amide bonds. The van der Waals surface area contributed by atoms with E-state index in [1.54, 1.807) is 5.38 Å². The van der Waals surface area contributed by atoms with Crippen LogP contribution in [0.1, 0.15) is 11.3 Å². The Kier molecular flexibility index (Phi) is 3.36. The molecule has 0 aliphatic rings. The van der Waals surface area contributed by atoms with Crippen LogP contribution in [0.25, 0.3) is 10.6 Å². The van der Waals surface area contributed by atoms with E-state index in [0.29, 0.717) is 11.8 Å². The summed E-state index contributed by atoms with van der Waals surface area (Å²) in [5.41, 5.74) is 4.81. The zero-order valence-corrected chi connectivity index (χ0v) is 9.78. The van der Waals surface area contributed by atoms with Crippen molar-refractivity contribution in [2.75, 3.05) is 0 Å². The van der Waals surface area contributed by atoms with Crippen molar-refractivity contribution in [2.24, 2.45) is 5.73 Å². The Hall–Kier alpha value is -1.47. The van der Waals surface area contributed by atoms with Gasteiger partial charge in [-0.15, -0.1) is 11.3 Å². The van der Waals surface area contributed by atoms with Crippen molar-refractivity contribution < 1.29 is 17.6 Å². The van der Waals surface area contributed by atoms with Crippen molar-refractivity contribution in [3.63, 3.8) is 0 Å². The Bertz CT molecular complexity index is 562. The number of benzene rings is 1. The van der Waals surface area contributed by atoms with Crippen molar-refractivity contribution in [1.82, 2.24) is 4.98 Å². The number of thiazole rings is 1. The smallest absolute Gasteiger partial charge is 0.325 e. The molecule has 7 heteroatoms. The van der Waals surface area contributed by atoms with Crippen LogP contribution >= 0.6 is 11.3 Å². The van der Waals surface area contributed by atoms with E-state index in [-0.39, 0.29) is 17.1 Å². The summed E-state index contributed by atoms with van der Waals surface area (Å²) in [7, 11) is 0. The second kappa shape index (κ2) is 4.66. The molecule has 2 rings (SSSR count). The Morgan fingerprint density at radius 1 is 1.28 bits per heavy atom. The van der Waals surface area contributed by atoms with Crippen LogP contribution in [-0.4, -0.2) is 4.98 Å². The molecule has 1 heterocycles. The van der Waals surface area contributed by atoms with Gasteiger partial charge in [0.05, 0.1) is 11.3 Å². The molecule has 0 spiro atoms. The fourth-order valence-electron chi connectivity index (χ4n) is 1.39. The molecule has 18 heavy (non-hydrogen) atoms. The van der Waals surface area contributed by atoms with E-state index in [1.807, 2.05) is 0 Å². The van der Waals surface area contributed by atoms with Gasteiger partial charge in [-0.25, -0.2) is 9.37 Å². The molecular formula is C11H8F4N2S. The maximum absolute atomic E-state index is 13.5. The Morgan fingerprint density at radius 2 is 2.00 bits per heavy atom. The second-order valence-corrected chi connectivity index (χ2v) is 4.40. The van der Waals surface area contributed by atoms with Gasteiger partial charge in [-0.2, -0.15) is 13.2 Å². The number of hydrogen-bond acceptors (Lipinski definition) is 3. The van der Waals surface area contributed by atoms with Crippen molar-refractivity contribution in [3.05, 3.63) is 40.7 Å². The molecule has 1 aromatic carbocycles. The number of hydrogen-bond donors (Lipinski definition) is 1. The molecule has 2 N–H and O–H groups in total. The highest BCUT2D eigenvalue weighted by molar-refractivity contribution is 7.13. The number of halogens is 4. The number of nitrogens with zero attached hydrogens (tertiary/aromatic N) is 1. The topological polar surface area (TPSA) is 38.9 Å². The number of nitrogens with two attached hydrogens (primary N) is 1. The van der Waals surface area contributed by atoms with E-state index in [4.69, 9.17) is 5.73 Å². The van der Waals surface area contributed by atoms with Gasteiger partial charge in [0.15, 0.2) is 0 Å². The Balaban J connectivity index is 2.49. The van der Waals surface area contributed by atoms with Gasteiger partial charge in [0, 0.05) is 17.5 Å². The van der Waals surface area contributed by atoms with E-state index >= 15 is 0 Å². The third-order valence-electron chi connectivity index (χ3n) is 2.28. The molecule has 0 bridgehead atoms. The van der Waals surface area contributed by atoms with Crippen LogP contribution in [0.2, 0.25) is 0 Å². The third kappa shape index (κ3) is 2.51. The van der Waals surface area contributed by atoms with Gasteiger partial charge in [-0.3, -0.25) is 0 Å². The summed E-state index contributed by atoms with van der Waals surface area (Å²) in [5, 5.41) is 1.79. The molecule has 2 nitrogen and oxygen atoms in total. The van der Waals surface area contributed by atoms with Crippen LogP contribution in [0.4, 0.5) is 17.6 Å². The molecule has 2 aromatic rings. The first-order valence-electron chi connectivity index (χ1n) is 4.93. The van der Waals surface area contributed by atoms with Crippen molar-refractivity contribution in [2.45, 2.75) is 12.7 Å². The highest BCUT2D eigenvalue weighted by Crippen LogP contribution is 2.34. The Labute approximate surface area is 104 Å². The molecule has 0 saturated heterocycles. The van der Waals surface area contributed by atoms with Crippen LogP contribution < -0.4 is 5.73 Å². The minimum absolute atomic E-state index is 0.158. The van der Waals surface area contributed by atoms with Crippen LogP contribution in [0, 0.1) is 5.82 Å². The minimum Gasteiger partial charge on any atom is -0.325 e. The Morgan fingerprint density at radius 3 is 2.56 bits per heavy atom. The standard InChI is InChI=1S/C11H8F4N2S/c12-9-2-1-6(11(13,14)15)3-8(9)10-17-7(4-16)5-18-10/h1-3,5H,4,16H2. The summed E-state index contributed by atoms with van der Waals surface area (Å²) >= 11 is 1.06. The van der Waals surface area contributed by atoms with E-state index in [2.05, 4.69) is 4.98 Å². The van der Waals surface area contributed by atoms with Gasteiger partial charge >= 0.3 is 6.18 Å². The minimum atomic E-state index is -4.50. The van der Waals surface area contributed by atoms with Gasteiger partial charge in [-0.1, -0.05) is 0 Å². The summed E-state index contributed by atoms with van der Waals surface area (Å²) in [6, 6.07) is 2.26. The van der Waals surface area contributed by atoms with Crippen LogP contribution in [0.3, 0.4) is 0 Å². The quantitative estimate of drug-likeness (QED) is 0.853. The predicted octanol–water partition coefficient (Wildman–Crippen LogP) is 3.43. The predicted molar refractivity (Wildman–Crippen MR) is 60.4 cm³/mol. The average molecular weight is 276 g/mol. The van der Waals surface area contributed by atoms with E-state index in [9.17, 15) is 17.6 Å². The maximum atomic E-state index is 13.5. The SMILES string of the molecule is NCc1csc(-c2cc(C(F)(F)F)ccc2F)n1. The van der Waals surface area contributed by atoms with Crippen LogP contribution in [0.5, 0.6) is 0 Å². The lowest BCUT2D eigenvalue weighted by Gasteiger charge is -2.08. The van der Waals surface area contributed by atoms with Crippen molar-refractivity contribution in [1.29, 1.82) is 0 Å². The highest BCUT2D eigenvalue weighted by Gasteiger charge is 2.31. The molecule has 0 fully saturated rings. The molecule has 0 aliphatic heterocycles. The van der Waals surface area contributed by atoms with E-state index < -0.39 is 17.6 Å². The molecule has 0 saturated carbocycles. The van der Waals surface area contributed by atoms with Crippen molar-refractivity contribution in [3.8, 4) is 10.6 Å². The molecule has 0 aliphatic carbocycles. The molecule has 0 unspecified atom stereocenters. The van der Waals surface area contributed by atoms with E-state index in [0.717, 1.165) is 23.5 Å². The van der Waals surface area contributed by atoms with Gasteiger partial charge in [-0.05, 0) is 18.2 Å². The molecule has 0 radical (unpaired) electrons. The molecule has 96 valence electrons. The molecular weight excluding hydrogens is 268 g/mol. The second-order valence-electron chi connectivity index (χ2n) is 3.54. The summed E-state index contributed by atoms with van der Waals surface area (Å²) in [6.07, 6.45) is -4.50. The fraction of sp³-hybridized carbons (Fsp3) is 0.182. The monoisotopic (exact) mass is 276 g/mol. The normalized spacial score (nSPS) is 11.8. The third-order valence-corrected chi connectivity index (χ3v) is 3.21. The zero-order valence-electron chi connectivity index (χ0n) is 8.96. The molecule has 0 atom stereocenters. The first kappa shape index (κ1) is 13.0. The number of alkyl halides is 3.